The number of aliphatic carboxylic acids is 1. The Balaban J connectivity index is 2.52. The highest BCUT2D eigenvalue weighted by Crippen LogP contribution is 2.21. The van der Waals surface area contributed by atoms with E-state index in [0.29, 0.717) is 19.6 Å². The fourth-order valence-corrected chi connectivity index (χ4v) is 1.77. The summed E-state index contributed by atoms with van der Waals surface area (Å²) in [5, 5.41) is 13.4. The number of carboxylic acids is 1. The zero-order valence-electron chi connectivity index (χ0n) is 12.3. The predicted octanol–water partition coefficient (Wildman–Crippen LogP) is 0.0387. The first kappa shape index (κ1) is 17.1. The quantitative estimate of drug-likeness (QED) is 0.618. The molecule has 1 saturated heterocycles. The fraction of sp³-hybridized carbons (Fsp3) is 0.615. The minimum Gasteiger partial charge on any atom is -0.478 e. The number of hydrogen-bond donors (Lipinski definition) is 3. The first-order valence-electron chi connectivity index (χ1n) is 6.44. The highest BCUT2D eigenvalue weighted by Gasteiger charge is 2.35. The van der Waals surface area contributed by atoms with Crippen LogP contribution in [0.2, 0.25) is 0 Å². The van der Waals surface area contributed by atoms with E-state index in [1.165, 1.54) is 21.0 Å². The number of rotatable bonds is 5. The van der Waals surface area contributed by atoms with E-state index in [1.807, 2.05) is 0 Å². The molecule has 0 spiro atoms. The molecule has 1 atom stereocenters. The zero-order valence-corrected chi connectivity index (χ0v) is 12.3. The molecule has 0 aromatic carbocycles. The molecule has 8 nitrogen and oxygen atoms in total. The summed E-state index contributed by atoms with van der Waals surface area (Å²) in [5.41, 5.74) is -0.719. The van der Waals surface area contributed by atoms with Gasteiger partial charge >= 0.3 is 12.0 Å². The molecule has 0 bridgehead atoms. The number of hydrogen-bond acceptors (Lipinski definition) is 5. The molecule has 1 rings (SSSR count). The van der Waals surface area contributed by atoms with E-state index in [-0.39, 0.29) is 17.7 Å². The lowest BCUT2D eigenvalue weighted by atomic mass is 10.0. The van der Waals surface area contributed by atoms with Crippen LogP contribution in [0.5, 0.6) is 0 Å². The number of methoxy groups -OCH3 is 1. The van der Waals surface area contributed by atoms with E-state index in [0.717, 1.165) is 0 Å². The van der Waals surface area contributed by atoms with Crippen molar-refractivity contribution in [1.82, 2.24) is 10.6 Å². The van der Waals surface area contributed by atoms with Crippen molar-refractivity contribution in [3.05, 3.63) is 11.1 Å². The van der Waals surface area contributed by atoms with E-state index >= 15 is 0 Å². The van der Waals surface area contributed by atoms with Crippen molar-refractivity contribution in [2.24, 2.45) is 0 Å². The molecular weight excluding hydrogens is 280 g/mol. The number of nitrogens with one attached hydrogen (secondary N) is 2. The van der Waals surface area contributed by atoms with Gasteiger partial charge in [-0.25, -0.2) is 9.59 Å². The summed E-state index contributed by atoms with van der Waals surface area (Å²) in [6, 6.07) is -0.708. The Morgan fingerprint density at radius 3 is 2.43 bits per heavy atom. The van der Waals surface area contributed by atoms with Gasteiger partial charge in [0.1, 0.15) is 5.60 Å². The van der Waals surface area contributed by atoms with E-state index in [4.69, 9.17) is 14.6 Å². The van der Waals surface area contributed by atoms with Gasteiger partial charge in [0.15, 0.2) is 0 Å². The summed E-state index contributed by atoms with van der Waals surface area (Å²) < 4.78 is 10.6. The van der Waals surface area contributed by atoms with Crippen LogP contribution in [-0.2, 0) is 19.1 Å². The third kappa shape index (κ3) is 4.54. The molecule has 0 aliphatic carbocycles. The molecule has 1 heterocycles. The molecule has 0 aromatic rings. The molecule has 21 heavy (non-hydrogen) atoms. The lowest BCUT2D eigenvalue weighted by Gasteiger charge is -2.25. The van der Waals surface area contributed by atoms with Crippen LogP contribution >= 0.6 is 0 Å². The smallest absolute Gasteiger partial charge is 0.331 e. The van der Waals surface area contributed by atoms with Crippen molar-refractivity contribution in [3.63, 3.8) is 0 Å². The summed E-state index contributed by atoms with van der Waals surface area (Å²) in [7, 11) is 1.53. The second-order valence-electron chi connectivity index (χ2n) is 4.88. The maximum Gasteiger partial charge on any atom is 0.331 e. The van der Waals surface area contributed by atoms with Gasteiger partial charge in [-0.3, -0.25) is 10.1 Å². The maximum atomic E-state index is 11.7. The number of carbonyl (C=O) groups excluding carboxylic acids is 2. The lowest BCUT2D eigenvalue weighted by Crippen LogP contribution is -2.49. The summed E-state index contributed by atoms with van der Waals surface area (Å²) in [5.74, 6) is -1.95. The molecule has 0 saturated carbocycles. The van der Waals surface area contributed by atoms with Crippen LogP contribution in [0, 0.1) is 0 Å². The number of amides is 3. The summed E-state index contributed by atoms with van der Waals surface area (Å²) in [4.78, 5) is 34.1. The van der Waals surface area contributed by atoms with Crippen LogP contribution in [0.15, 0.2) is 11.1 Å². The molecule has 3 N–H and O–H groups in total. The van der Waals surface area contributed by atoms with Crippen molar-refractivity contribution >= 4 is 17.9 Å². The van der Waals surface area contributed by atoms with Crippen molar-refractivity contribution in [2.75, 3.05) is 26.9 Å². The van der Waals surface area contributed by atoms with Crippen molar-refractivity contribution in [2.45, 2.75) is 25.9 Å². The molecule has 1 unspecified atom stereocenters. The van der Waals surface area contributed by atoms with Crippen LogP contribution in [0.1, 0.15) is 20.3 Å². The Morgan fingerprint density at radius 1 is 1.29 bits per heavy atom. The van der Waals surface area contributed by atoms with Gasteiger partial charge in [0.25, 0.3) is 5.91 Å². The summed E-state index contributed by atoms with van der Waals surface area (Å²) >= 11 is 0. The highest BCUT2D eigenvalue weighted by atomic mass is 16.5. The number of imide groups is 1. The second-order valence-corrected chi connectivity index (χ2v) is 4.88. The predicted molar refractivity (Wildman–Crippen MR) is 72.7 cm³/mol. The van der Waals surface area contributed by atoms with Crippen LogP contribution in [-0.4, -0.2) is 55.5 Å². The fourth-order valence-electron chi connectivity index (χ4n) is 1.77. The molecule has 1 aliphatic rings. The normalized spacial score (nSPS) is 22.4. The first-order valence-corrected chi connectivity index (χ1v) is 6.44. The standard InChI is InChI=1S/C13H20N2O6/c1-8(9(2)11(17)18)10(16)15-12(19)14-6-13(20-3)4-5-21-7-13/h4-7H2,1-3H3,(H,17,18)(H2,14,15,16,19). The minimum atomic E-state index is -1.20. The number of carbonyl (C=O) groups is 3. The van der Waals surface area contributed by atoms with Gasteiger partial charge < -0.3 is 19.9 Å². The van der Waals surface area contributed by atoms with Gasteiger partial charge in [-0.2, -0.15) is 0 Å². The van der Waals surface area contributed by atoms with Gasteiger partial charge in [0.2, 0.25) is 0 Å². The largest absolute Gasteiger partial charge is 0.478 e. The van der Waals surface area contributed by atoms with Crippen LogP contribution in [0.25, 0.3) is 0 Å². The van der Waals surface area contributed by atoms with E-state index in [9.17, 15) is 14.4 Å². The maximum absolute atomic E-state index is 11.7. The highest BCUT2D eigenvalue weighted by molar-refractivity contribution is 6.07. The molecule has 3 amide bonds. The van der Waals surface area contributed by atoms with Crippen LogP contribution in [0.3, 0.4) is 0 Å². The Labute approximate surface area is 122 Å². The minimum absolute atomic E-state index is 0.0247. The number of urea groups is 1. The molecule has 0 aromatic heterocycles. The van der Waals surface area contributed by atoms with Gasteiger partial charge in [-0.15, -0.1) is 0 Å². The average molecular weight is 300 g/mol. The third-order valence-corrected chi connectivity index (χ3v) is 3.52. The van der Waals surface area contributed by atoms with Gasteiger partial charge in [0, 0.05) is 31.3 Å². The SMILES string of the molecule is COC1(CNC(=O)NC(=O)C(C)=C(C)C(=O)O)CCOC1. The lowest BCUT2D eigenvalue weighted by molar-refractivity contribution is -0.133. The van der Waals surface area contributed by atoms with Gasteiger partial charge in [0.05, 0.1) is 13.2 Å². The molecule has 1 aliphatic heterocycles. The average Bonchev–Trinajstić information content (AvgIpc) is 2.92. The zero-order chi connectivity index (χ0) is 16.0. The molecule has 1 fully saturated rings. The van der Waals surface area contributed by atoms with Crippen LogP contribution in [0.4, 0.5) is 4.79 Å². The number of ether oxygens (including phenoxy) is 2. The molecule has 0 radical (unpaired) electrons. The van der Waals surface area contributed by atoms with Gasteiger partial charge in [-0.05, 0) is 13.8 Å². The topological polar surface area (TPSA) is 114 Å². The monoisotopic (exact) mass is 300 g/mol. The van der Waals surface area contributed by atoms with Crippen LogP contribution < -0.4 is 10.6 Å². The second kappa shape index (κ2) is 7.19. The molecule has 8 heteroatoms. The summed E-state index contributed by atoms with van der Waals surface area (Å²) in [6.45, 7) is 3.76. The van der Waals surface area contributed by atoms with E-state index in [2.05, 4.69) is 10.6 Å². The van der Waals surface area contributed by atoms with Gasteiger partial charge in [-0.1, -0.05) is 0 Å². The first-order chi connectivity index (χ1) is 9.81. The Bertz CT molecular complexity index is 465. The Kier molecular flexibility index (Phi) is 5.86. The summed E-state index contributed by atoms with van der Waals surface area (Å²) in [6.07, 6.45) is 0.648. The van der Waals surface area contributed by atoms with Crippen molar-refractivity contribution in [1.29, 1.82) is 0 Å². The van der Waals surface area contributed by atoms with Crippen molar-refractivity contribution < 1.29 is 29.0 Å². The molecular formula is C13H20N2O6. The molecule has 118 valence electrons. The third-order valence-electron chi connectivity index (χ3n) is 3.52. The Morgan fingerprint density at radius 2 is 1.95 bits per heavy atom. The van der Waals surface area contributed by atoms with E-state index < -0.39 is 23.5 Å². The van der Waals surface area contributed by atoms with E-state index in [1.54, 1.807) is 0 Å². The van der Waals surface area contributed by atoms with Crippen molar-refractivity contribution in [3.8, 4) is 0 Å². The number of carboxylic acid groups (broad SMARTS) is 1. The Hall–Kier alpha value is -1.93.